The van der Waals surface area contributed by atoms with Gasteiger partial charge in [0, 0.05) is 11.8 Å². The lowest BCUT2D eigenvalue weighted by molar-refractivity contribution is 0.447. The van der Waals surface area contributed by atoms with Crippen LogP contribution in [-0.4, -0.2) is 4.98 Å². The van der Waals surface area contributed by atoms with Crippen LogP contribution < -0.4 is 14.4 Å². The Balaban J connectivity index is 1.46. The highest BCUT2D eigenvalue weighted by Crippen LogP contribution is 2.61. The Hall–Kier alpha value is -4.57. The quantitative estimate of drug-likeness (QED) is 0.280. The molecule has 0 amide bonds. The summed E-state index contributed by atoms with van der Waals surface area (Å²) in [4.78, 5) is 6.93. The molecule has 0 atom stereocenters. The third kappa shape index (κ3) is 2.74. The van der Waals surface area contributed by atoms with Crippen LogP contribution in [0.4, 0.5) is 17.1 Å². The number of aromatic nitrogens is 1. The Morgan fingerprint density at radius 2 is 1.27 bits per heavy atom. The smallest absolute Gasteiger partial charge is 0.164 e. The number of ether oxygens (including phenoxy) is 2. The molecule has 0 saturated heterocycles. The van der Waals surface area contributed by atoms with Crippen molar-refractivity contribution in [1.82, 2.24) is 4.98 Å². The van der Waals surface area contributed by atoms with E-state index >= 15 is 0 Å². The van der Waals surface area contributed by atoms with Gasteiger partial charge in [0.05, 0.1) is 17.1 Å². The summed E-state index contributed by atoms with van der Waals surface area (Å²) >= 11 is 0. The van der Waals surface area contributed by atoms with Crippen molar-refractivity contribution in [1.29, 1.82) is 0 Å². The molecule has 2 aliphatic rings. The number of anilines is 3. The van der Waals surface area contributed by atoms with Gasteiger partial charge in [-0.3, -0.25) is 9.88 Å². The van der Waals surface area contributed by atoms with E-state index in [4.69, 9.17) is 14.5 Å². The Bertz CT molecular complexity index is 1520. The number of nitrogens with zero attached hydrogens (tertiary/aromatic N) is 2. The first-order chi connectivity index (χ1) is 16.4. The van der Waals surface area contributed by atoms with Crippen molar-refractivity contribution in [3.8, 4) is 45.4 Å². The van der Waals surface area contributed by atoms with Crippen LogP contribution >= 0.6 is 0 Å². The molecule has 3 heterocycles. The van der Waals surface area contributed by atoms with E-state index in [0.717, 1.165) is 62.4 Å². The summed E-state index contributed by atoms with van der Waals surface area (Å²) in [6, 6.07) is 34.7. The molecule has 0 spiro atoms. The molecule has 0 unspecified atom stereocenters. The zero-order valence-electron chi connectivity index (χ0n) is 17.6. The average Bonchev–Trinajstić information content (AvgIpc) is 2.89. The fraction of sp³-hybridized carbons (Fsp3) is 0. The third-order valence-electron chi connectivity index (χ3n) is 6.11. The summed E-state index contributed by atoms with van der Waals surface area (Å²) < 4.78 is 12.8. The summed E-state index contributed by atoms with van der Waals surface area (Å²) in [5.41, 5.74) is 6.92. The van der Waals surface area contributed by atoms with Gasteiger partial charge in [0.25, 0.3) is 0 Å². The highest BCUT2D eigenvalue weighted by atomic mass is 16.5. The normalized spacial score (nSPS) is 12.7. The SMILES string of the molecule is c1ccc(-c2ccnc(-c3ccc4c5c3Oc3ccccc3N5c3ccccc3O4)c2)cc1. The van der Waals surface area contributed by atoms with Gasteiger partial charge >= 0.3 is 0 Å². The molecule has 7 rings (SSSR count). The van der Waals surface area contributed by atoms with Crippen molar-refractivity contribution in [2.45, 2.75) is 0 Å². The van der Waals surface area contributed by atoms with Gasteiger partial charge in [-0.25, -0.2) is 0 Å². The first-order valence-electron chi connectivity index (χ1n) is 10.9. The molecular weight excluding hydrogens is 408 g/mol. The standard InChI is InChI=1S/C29H18N2O2/c1-2-8-19(9-3-1)20-16-17-30-22(18-20)21-14-15-27-28-29(21)33-26-13-7-5-11-24(26)31(28)23-10-4-6-12-25(23)32-27/h1-18H. The summed E-state index contributed by atoms with van der Waals surface area (Å²) in [6.07, 6.45) is 1.85. The molecule has 0 N–H and O–H groups in total. The molecule has 0 radical (unpaired) electrons. The molecule has 156 valence electrons. The van der Waals surface area contributed by atoms with Crippen LogP contribution in [0.2, 0.25) is 0 Å². The summed E-state index contributed by atoms with van der Waals surface area (Å²) in [5.74, 6) is 3.14. The Morgan fingerprint density at radius 3 is 2.06 bits per heavy atom. The summed E-state index contributed by atoms with van der Waals surface area (Å²) in [5, 5.41) is 0. The highest BCUT2D eigenvalue weighted by Gasteiger charge is 2.36. The number of rotatable bonds is 2. The molecule has 0 fully saturated rings. The molecule has 2 aliphatic heterocycles. The maximum absolute atomic E-state index is 6.51. The third-order valence-corrected chi connectivity index (χ3v) is 6.11. The van der Waals surface area contributed by atoms with E-state index in [-0.39, 0.29) is 0 Å². The van der Waals surface area contributed by atoms with E-state index in [1.165, 1.54) is 0 Å². The van der Waals surface area contributed by atoms with Crippen LogP contribution in [0.3, 0.4) is 0 Å². The van der Waals surface area contributed by atoms with Gasteiger partial charge in [0.1, 0.15) is 5.69 Å². The zero-order chi connectivity index (χ0) is 21.8. The monoisotopic (exact) mass is 426 g/mol. The van der Waals surface area contributed by atoms with Gasteiger partial charge in [-0.15, -0.1) is 0 Å². The zero-order valence-corrected chi connectivity index (χ0v) is 17.6. The summed E-state index contributed by atoms with van der Waals surface area (Å²) in [7, 11) is 0. The lowest BCUT2D eigenvalue weighted by Gasteiger charge is -2.38. The molecule has 4 aromatic carbocycles. The van der Waals surface area contributed by atoms with E-state index < -0.39 is 0 Å². The Kier molecular flexibility index (Phi) is 3.81. The van der Waals surface area contributed by atoms with Gasteiger partial charge in [-0.2, -0.15) is 0 Å². The van der Waals surface area contributed by atoms with Crippen LogP contribution in [0.1, 0.15) is 0 Å². The molecular formula is C29H18N2O2. The largest absolute Gasteiger partial charge is 0.453 e. The molecule has 4 heteroatoms. The summed E-state index contributed by atoms with van der Waals surface area (Å²) in [6.45, 7) is 0. The second kappa shape index (κ2) is 6.97. The number of hydrogen-bond donors (Lipinski definition) is 0. The second-order valence-corrected chi connectivity index (χ2v) is 8.06. The van der Waals surface area contributed by atoms with Gasteiger partial charge in [0.2, 0.25) is 0 Å². The number of fused-ring (bicyclic) bond motifs is 4. The van der Waals surface area contributed by atoms with Crippen LogP contribution in [-0.2, 0) is 0 Å². The molecule has 5 aromatic rings. The first-order valence-corrected chi connectivity index (χ1v) is 10.9. The topological polar surface area (TPSA) is 34.6 Å². The van der Waals surface area contributed by atoms with Crippen molar-refractivity contribution < 1.29 is 9.47 Å². The molecule has 0 saturated carbocycles. The fourth-order valence-corrected chi connectivity index (χ4v) is 4.60. The fourth-order valence-electron chi connectivity index (χ4n) is 4.60. The van der Waals surface area contributed by atoms with E-state index in [1.54, 1.807) is 0 Å². The number of pyridine rings is 1. The van der Waals surface area contributed by atoms with E-state index in [0.29, 0.717) is 0 Å². The molecule has 33 heavy (non-hydrogen) atoms. The lowest BCUT2D eigenvalue weighted by Crippen LogP contribution is -2.20. The molecule has 0 aliphatic carbocycles. The predicted octanol–water partition coefficient (Wildman–Crippen LogP) is 8.10. The van der Waals surface area contributed by atoms with Gasteiger partial charge < -0.3 is 9.47 Å². The van der Waals surface area contributed by atoms with Crippen LogP contribution in [0, 0.1) is 0 Å². The molecule has 4 nitrogen and oxygen atoms in total. The van der Waals surface area contributed by atoms with Crippen molar-refractivity contribution >= 4 is 17.1 Å². The van der Waals surface area contributed by atoms with Crippen molar-refractivity contribution in [2.75, 3.05) is 4.90 Å². The van der Waals surface area contributed by atoms with Gasteiger partial charge in [-0.1, -0.05) is 54.6 Å². The Labute approximate surface area is 191 Å². The molecule has 1 aromatic heterocycles. The van der Waals surface area contributed by atoms with E-state index in [9.17, 15) is 0 Å². The van der Waals surface area contributed by atoms with Crippen molar-refractivity contribution in [3.63, 3.8) is 0 Å². The number of para-hydroxylation sites is 4. The van der Waals surface area contributed by atoms with Crippen molar-refractivity contribution in [2.24, 2.45) is 0 Å². The predicted molar refractivity (Wildman–Crippen MR) is 130 cm³/mol. The second-order valence-electron chi connectivity index (χ2n) is 8.06. The van der Waals surface area contributed by atoms with Crippen LogP contribution in [0.25, 0.3) is 22.4 Å². The maximum atomic E-state index is 6.51. The Morgan fingerprint density at radius 1 is 0.576 bits per heavy atom. The van der Waals surface area contributed by atoms with Gasteiger partial charge in [0.15, 0.2) is 23.0 Å². The first kappa shape index (κ1) is 18.0. The highest BCUT2D eigenvalue weighted by molar-refractivity contribution is 5.97. The lowest BCUT2D eigenvalue weighted by atomic mass is 10.00. The number of benzene rings is 4. The molecule has 0 bridgehead atoms. The minimum Gasteiger partial charge on any atom is -0.453 e. The van der Waals surface area contributed by atoms with Gasteiger partial charge in [-0.05, 0) is 59.7 Å². The number of hydrogen-bond acceptors (Lipinski definition) is 4. The van der Waals surface area contributed by atoms with Crippen LogP contribution in [0.5, 0.6) is 23.0 Å². The average molecular weight is 426 g/mol. The van der Waals surface area contributed by atoms with E-state index in [2.05, 4.69) is 35.2 Å². The van der Waals surface area contributed by atoms with E-state index in [1.807, 2.05) is 79.0 Å². The minimum atomic E-state index is 0.749. The van der Waals surface area contributed by atoms with Crippen LogP contribution in [0.15, 0.2) is 109 Å². The minimum absolute atomic E-state index is 0.749. The van der Waals surface area contributed by atoms with Crippen molar-refractivity contribution in [3.05, 3.63) is 109 Å². The maximum Gasteiger partial charge on any atom is 0.164 e.